The second kappa shape index (κ2) is 4.28. The van der Waals surface area contributed by atoms with Gasteiger partial charge in [-0.3, -0.25) is 0 Å². The molecule has 2 aromatic rings. The summed E-state index contributed by atoms with van der Waals surface area (Å²) >= 11 is 0. The highest BCUT2D eigenvalue weighted by molar-refractivity contribution is 5.60. The first-order chi connectivity index (χ1) is 8.35. The number of nitrogens with zero attached hydrogens (tertiary/aromatic N) is 2. The summed E-state index contributed by atoms with van der Waals surface area (Å²) in [4.78, 5) is 3.47. The summed E-state index contributed by atoms with van der Waals surface area (Å²) in [6, 6.07) is 3.59. The summed E-state index contributed by atoms with van der Waals surface area (Å²) in [7, 11) is 0. The van der Waals surface area contributed by atoms with Gasteiger partial charge in [0.15, 0.2) is 5.82 Å². The maximum atomic E-state index is 13.4. The SMILES string of the molecule is Nc1ccc(F)c(-c2nc(CC(F)(F)F)no2)c1. The Bertz CT molecular complexity index is 564. The lowest BCUT2D eigenvalue weighted by Crippen LogP contribution is -2.12. The van der Waals surface area contributed by atoms with Crippen LogP contribution >= 0.6 is 0 Å². The molecule has 8 heteroatoms. The van der Waals surface area contributed by atoms with E-state index in [1.165, 1.54) is 12.1 Å². The van der Waals surface area contributed by atoms with Crippen LogP contribution in [0.3, 0.4) is 0 Å². The molecule has 0 aliphatic carbocycles. The smallest absolute Gasteiger partial charge is 0.396 e. The van der Waals surface area contributed by atoms with Crippen molar-refractivity contribution in [3.63, 3.8) is 0 Å². The molecule has 0 spiro atoms. The number of hydrogen-bond acceptors (Lipinski definition) is 4. The summed E-state index contributed by atoms with van der Waals surface area (Å²) in [6.45, 7) is 0. The molecule has 1 aromatic carbocycles. The highest BCUT2D eigenvalue weighted by Crippen LogP contribution is 2.25. The monoisotopic (exact) mass is 261 g/mol. The van der Waals surface area contributed by atoms with Gasteiger partial charge in [0.25, 0.3) is 5.89 Å². The van der Waals surface area contributed by atoms with Gasteiger partial charge in [-0.05, 0) is 18.2 Å². The van der Waals surface area contributed by atoms with Crippen LogP contribution in [0, 0.1) is 5.82 Å². The van der Waals surface area contributed by atoms with E-state index >= 15 is 0 Å². The van der Waals surface area contributed by atoms with E-state index in [-0.39, 0.29) is 17.1 Å². The number of nitrogen functional groups attached to an aromatic ring is 1. The number of aromatic nitrogens is 2. The second-order valence-corrected chi connectivity index (χ2v) is 3.55. The van der Waals surface area contributed by atoms with Crippen LogP contribution in [-0.4, -0.2) is 16.3 Å². The molecule has 0 aliphatic rings. The second-order valence-electron chi connectivity index (χ2n) is 3.55. The molecule has 2 N–H and O–H groups in total. The van der Waals surface area contributed by atoms with Gasteiger partial charge in [0.2, 0.25) is 0 Å². The predicted molar refractivity (Wildman–Crippen MR) is 53.9 cm³/mol. The first-order valence-electron chi connectivity index (χ1n) is 4.80. The molecule has 1 heterocycles. The summed E-state index contributed by atoms with van der Waals surface area (Å²) in [5.74, 6) is -1.59. The molecule has 0 amide bonds. The van der Waals surface area contributed by atoms with Crippen molar-refractivity contribution in [2.24, 2.45) is 0 Å². The van der Waals surface area contributed by atoms with Gasteiger partial charge in [0.05, 0.1) is 5.56 Å². The van der Waals surface area contributed by atoms with Gasteiger partial charge in [-0.1, -0.05) is 5.16 Å². The van der Waals surface area contributed by atoms with E-state index in [2.05, 4.69) is 14.7 Å². The van der Waals surface area contributed by atoms with E-state index in [1.54, 1.807) is 0 Å². The van der Waals surface area contributed by atoms with E-state index in [4.69, 9.17) is 5.73 Å². The predicted octanol–water partition coefficient (Wildman–Crippen LogP) is 2.56. The first kappa shape index (κ1) is 12.3. The average Bonchev–Trinajstić information content (AvgIpc) is 2.67. The van der Waals surface area contributed by atoms with Gasteiger partial charge in [-0.15, -0.1) is 0 Å². The quantitative estimate of drug-likeness (QED) is 0.666. The summed E-state index contributed by atoms with van der Waals surface area (Å²) in [5, 5.41) is 3.14. The third-order valence-electron chi connectivity index (χ3n) is 2.05. The van der Waals surface area contributed by atoms with E-state index in [9.17, 15) is 17.6 Å². The topological polar surface area (TPSA) is 64.9 Å². The van der Waals surface area contributed by atoms with Crippen LogP contribution in [0.2, 0.25) is 0 Å². The van der Waals surface area contributed by atoms with Gasteiger partial charge in [0.1, 0.15) is 12.2 Å². The molecule has 1 aromatic heterocycles. The summed E-state index contributed by atoms with van der Waals surface area (Å²) in [6.07, 6.45) is -5.78. The number of anilines is 1. The number of alkyl halides is 3. The minimum absolute atomic E-state index is 0.129. The van der Waals surface area contributed by atoms with E-state index < -0.39 is 24.2 Å². The zero-order valence-electron chi connectivity index (χ0n) is 8.83. The fourth-order valence-corrected chi connectivity index (χ4v) is 1.32. The Kier molecular flexibility index (Phi) is 2.93. The normalized spacial score (nSPS) is 11.8. The van der Waals surface area contributed by atoms with Gasteiger partial charge in [-0.25, -0.2) is 4.39 Å². The Labute approximate surface area is 98.4 Å². The molecule has 0 saturated heterocycles. The molecule has 0 saturated carbocycles. The Morgan fingerprint density at radius 1 is 1.28 bits per heavy atom. The fraction of sp³-hybridized carbons (Fsp3) is 0.200. The molecule has 96 valence electrons. The van der Waals surface area contributed by atoms with Crippen molar-refractivity contribution in [1.29, 1.82) is 0 Å². The number of halogens is 4. The molecule has 2 rings (SSSR count). The van der Waals surface area contributed by atoms with E-state index in [1.807, 2.05) is 0 Å². The summed E-state index contributed by atoms with van der Waals surface area (Å²) in [5.41, 5.74) is 5.55. The number of nitrogens with two attached hydrogens (primary N) is 1. The van der Waals surface area contributed by atoms with Crippen LogP contribution in [-0.2, 0) is 6.42 Å². The molecule has 0 aliphatic heterocycles. The number of benzene rings is 1. The van der Waals surface area contributed by atoms with Crippen LogP contribution in [0.4, 0.5) is 23.2 Å². The average molecular weight is 261 g/mol. The van der Waals surface area contributed by atoms with Crippen molar-refractivity contribution in [3.8, 4) is 11.5 Å². The van der Waals surface area contributed by atoms with Crippen molar-refractivity contribution in [2.45, 2.75) is 12.6 Å². The Morgan fingerprint density at radius 2 is 2.00 bits per heavy atom. The first-order valence-corrected chi connectivity index (χ1v) is 4.80. The van der Waals surface area contributed by atoms with Gasteiger partial charge in [0, 0.05) is 5.69 Å². The standard InChI is InChI=1S/C10H7F4N3O/c11-7-2-1-5(15)3-6(7)9-16-8(17-18-9)4-10(12,13)14/h1-3H,4,15H2. The summed E-state index contributed by atoms with van der Waals surface area (Å²) < 4.78 is 54.2. The van der Waals surface area contributed by atoms with E-state index in [0.717, 1.165) is 6.07 Å². The highest BCUT2D eigenvalue weighted by atomic mass is 19.4. The third-order valence-corrected chi connectivity index (χ3v) is 2.05. The van der Waals surface area contributed by atoms with Crippen LogP contribution in [0.5, 0.6) is 0 Å². The molecule has 0 bridgehead atoms. The van der Waals surface area contributed by atoms with Crippen molar-refractivity contribution in [1.82, 2.24) is 10.1 Å². The number of hydrogen-bond donors (Lipinski definition) is 1. The van der Waals surface area contributed by atoms with Crippen molar-refractivity contribution < 1.29 is 22.1 Å². The highest BCUT2D eigenvalue weighted by Gasteiger charge is 2.30. The molecular weight excluding hydrogens is 254 g/mol. The van der Waals surface area contributed by atoms with E-state index in [0.29, 0.717) is 0 Å². The fourth-order valence-electron chi connectivity index (χ4n) is 1.32. The van der Waals surface area contributed by atoms with Crippen LogP contribution in [0.25, 0.3) is 11.5 Å². The largest absolute Gasteiger partial charge is 0.399 e. The molecule has 0 atom stereocenters. The van der Waals surface area contributed by atoms with Crippen LogP contribution in [0.15, 0.2) is 22.7 Å². The Morgan fingerprint density at radius 3 is 2.67 bits per heavy atom. The van der Waals surface area contributed by atoms with Crippen LogP contribution < -0.4 is 5.73 Å². The van der Waals surface area contributed by atoms with Crippen molar-refractivity contribution >= 4 is 5.69 Å². The zero-order chi connectivity index (χ0) is 13.3. The maximum Gasteiger partial charge on any atom is 0.396 e. The Hall–Kier alpha value is -2.12. The molecule has 18 heavy (non-hydrogen) atoms. The lowest BCUT2D eigenvalue weighted by atomic mass is 10.2. The lowest BCUT2D eigenvalue weighted by Gasteiger charge is -2.00. The van der Waals surface area contributed by atoms with Crippen LogP contribution in [0.1, 0.15) is 5.82 Å². The third kappa shape index (κ3) is 2.76. The van der Waals surface area contributed by atoms with Crippen molar-refractivity contribution in [2.75, 3.05) is 5.73 Å². The molecule has 0 radical (unpaired) electrons. The van der Waals surface area contributed by atoms with Gasteiger partial charge < -0.3 is 10.3 Å². The van der Waals surface area contributed by atoms with Gasteiger partial charge >= 0.3 is 6.18 Å². The zero-order valence-corrected chi connectivity index (χ0v) is 8.83. The minimum atomic E-state index is -4.45. The molecule has 0 unspecified atom stereocenters. The Balaban J connectivity index is 2.32. The van der Waals surface area contributed by atoms with Gasteiger partial charge in [-0.2, -0.15) is 18.2 Å². The molecular formula is C10H7F4N3O. The molecule has 0 fully saturated rings. The number of rotatable bonds is 2. The lowest BCUT2D eigenvalue weighted by molar-refractivity contribution is -0.128. The minimum Gasteiger partial charge on any atom is -0.399 e. The van der Waals surface area contributed by atoms with Crippen molar-refractivity contribution in [3.05, 3.63) is 29.8 Å². The molecule has 4 nitrogen and oxygen atoms in total. The maximum absolute atomic E-state index is 13.4.